The van der Waals surface area contributed by atoms with Crippen molar-refractivity contribution >= 4 is 29.7 Å². The number of carboxylic acids is 1. The summed E-state index contributed by atoms with van der Waals surface area (Å²) in [5.74, 6) is -2.08. The fraction of sp³-hybridized carbons (Fsp3) is 0.387. The fourth-order valence-electron chi connectivity index (χ4n) is 4.08. The Bertz CT molecular complexity index is 1450. The first kappa shape index (κ1) is 33.6. The molecule has 1 aromatic heterocycles. The van der Waals surface area contributed by atoms with Crippen LogP contribution in [-0.4, -0.2) is 69.4 Å². The minimum absolute atomic E-state index is 0.0459. The van der Waals surface area contributed by atoms with Crippen LogP contribution in [0.1, 0.15) is 51.8 Å². The molecule has 236 valence electrons. The largest absolute Gasteiger partial charge is 0.496 e. The van der Waals surface area contributed by atoms with Crippen molar-refractivity contribution in [1.29, 1.82) is 0 Å². The molecule has 4 N–H and O–H groups in total. The summed E-state index contributed by atoms with van der Waals surface area (Å²) in [5.41, 5.74) is -0.985. The van der Waals surface area contributed by atoms with Gasteiger partial charge in [0.25, 0.3) is 5.91 Å². The third-order valence-corrected chi connectivity index (χ3v) is 6.22. The number of aliphatic carboxylic acids is 1. The zero-order chi connectivity index (χ0) is 32.5. The normalized spacial score (nSPS) is 12.9. The highest BCUT2D eigenvalue weighted by atomic mass is 16.6. The molecule has 0 aliphatic carbocycles. The number of aromatic nitrogens is 2. The second-order valence-corrected chi connectivity index (χ2v) is 11.5. The van der Waals surface area contributed by atoms with E-state index in [9.17, 15) is 24.3 Å². The standard InChI is InChI=1S/C31H39N5O8/c1-30(2,3)44-29(41)35-31(4,5)28(40)33-22(18-43-17-20-12-8-7-9-13-20)26(37)34-24-16-36(19-32-24)25(27(38)39)21-14-10-11-15-23(21)42-6/h7-16,19,22,25H,17-18H2,1-6H3,(H,33,40)(H,34,37)(H,35,41)(H,38,39)/t22-,25?/m1/s1. The lowest BCUT2D eigenvalue weighted by Crippen LogP contribution is -2.59. The molecule has 0 radical (unpaired) electrons. The number of ether oxygens (including phenoxy) is 3. The van der Waals surface area contributed by atoms with Crippen molar-refractivity contribution in [2.75, 3.05) is 19.0 Å². The Morgan fingerprint density at radius 2 is 1.64 bits per heavy atom. The maximum absolute atomic E-state index is 13.4. The summed E-state index contributed by atoms with van der Waals surface area (Å²) in [7, 11) is 1.44. The molecule has 0 saturated heterocycles. The minimum Gasteiger partial charge on any atom is -0.496 e. The van der Waals surface area contributed by atoms with E-state index in [1.807, 2.05) is 30.3 Å². The number of methoxy groups -OCH3 is 1. The maximum Gasteiger partial charge on any atom is 0.408 e. The van der Waals surface area contributed by atoms with Crippen LogP contribution in [0.15, 0.2) is 67.1 Å². The van der Waals surface area contributed by atoms with Crippen LogP contribution in [0.25, 0.3) is 0 Å². The molecule has 3 rings (SSSR count). The van der Waals surface area contributed by atoms with Gasteiger partial charge in [-0.1, -0.05) is 48.5 Å². The summed E-state index contributed by atoms with van der Waals surface area (Å²) in [4.78, 5) is 55.4. The first-order valence-electron chi connectivity index (χ1n) is 13.8. The second-order valence-electron chi connectivity index (χ2n) is 11.5. The molecule has 13 heteroatoms. The molecule has 0 fully saturated rings. The zero-order valence-corrected chi connectivity index (χ0v) is 25.6. The molecule has 0 aliphatic heterocycles. The molecule has 2 aromatic carbocycles. The first-order chi connectivity index (χ1) is 20.7. The SMILES string of the molecule is COc1ccccc1C(C(=O)O)n1cnc(NC(=O)[C@@H](COCc2ccccc2)NC(=O)C(C)(C)NC(=O)OC(C)(C)C)c1. The molecule has 0 aliphatic rings. The van der Waals surface area contributed by atoms with Crippen LogP contribution in [0.2, 0.25) is 0 Å². The summed E-state index contributed by atoms with van der Waals surface area (Å²) in [6, 6.07) is 13.6. The molecule has 44 heavy (non-hydrogen) atoms. The number of hydrogen-bond acceptors (Lipinski definition) is 8. The molecule has 0 saturated carbocycles. The highest BCUT2D eigenvalue weighted by Crippen LogP contribution is 2.28. The van der Waals surface area contributed by atoms with Crippen LogP contribution in [-0.2, 0) is 30.5 Å². The van der Waals surface area contributed by atoms with Crippen LogP contribution < -0.4 is 20.7 Å². The third kappa shape index (κ3) is 9.56. The van der Waals surface area contributed by atoms with Crippen molar-refractivity contribution in [2.45, 2.75) is 64.4 Å². The van der Waals surface area contributed by atoms with Gasteiger partial charge in [0.1, 0.15) is 22.9 Å². The van der Waals surface area contributed by atoms with Crippen LogP contribution in [0, 0.1) is 0 Å². The number of nitrogens with one attached hydrogen (secondary N) is 3. The van der Waals surface area contributed by atoms with Crippen molar-refractivity contribution in [3.05, 3.63) is 78.2 Å². The number of amides is 3. The topological polar surface area (TPSA) is 170 Å². The van der Waals surface area contributed by atoms with Gasteiger partial charge in [-0.2, -0.15) is 0 Å². The highest BCUT2D eigenvalue weighted by molar-refractivity contribution is 5.98. The molecule has 3 amide bonds. The molecule has 1 unspecified atom stereocenters. The summed E-state index contributed by atoms with van der Waals surface area (Å²) < 4.78 is 17.7. The Balaban J connectivity index is 1.78. The van der Waals surface area contributed by atoms with Gasteiger partial charge in [0.2, 0.25) is 5.91 Å². The van der Waals surface area contributed by atoms with Crippen molar-refractivity contribution in [2.24, 2.45) is 0 Å². The lowest BCUT2D eigenvalue weighted by Gasteiger charge is -2.29. The molecular formula is C31H39N5O8. The average Bonchev–Trinajstić information content (AvgIpc) is 3.39. The van der Waals surface area contributed by atoms with Gasteiger partial charge in [0.05, 0.1) is 26.7 Å². The minimum atomic E-state index is -1.45. The van der Waals surface area contributed by atoms with Gasteiger partial charge >= 0.3 is 12.1 Å². The van der Waals surface area contributed by atoms with E-state index in [4.69, 9.17) is 14.2 Å². The second kappa shape index (κ2) is 14.5. The highest BCUT2D eigenvalue weighted by Gasteiger charge is 2.35. The Morgan fingerprint density at radius 1 is 0.977 bits per heavy atom. The number of carbonyl (C=O) groups excluding carboxylic acids is 3. The maximum atomic E-state index is 13.4. The predicted molar refractivity (Wildman–Crippen MR) is 161 cm³/mol. The van der Waals surface area contributed by atoms with Gasteiger partial charge in [-0.15, -0.1) is 0 Å². The molecule has 13 nitrogen and oxygen atoms in total. The number of hydrogen-bond donors (Lipinski definition) is 4. The smallest absolute Gasteiger partial charge is 0.408 e. The average molecular weight is 610 g/mol. The summed E-state index contributed by atoms with van der Waals surface area (Å²) in [5, 5.41) is 17.7. The number of carboxylic acid groups (broad SMARTS) is 1. The van der Waals surface area contributed by atoms with Gasteiger partial charge in [-0.3, -0.25) is 9.59 Å². The van der Waals surface area contributed by atoms with Crippen LogP contribution in [0.5, 0.6) is 5.75 Å². The van der Waals surface area contributed by atoms with Gasteiger partial charge in [0.15, 0.2) is 11.9 Å². The fourth-order valence-corrected chi connectivity index (χ4v) is 4.08. The van der Waals surface area contributed by atoms with Crippen molar-refractivity contribution < 1.29 is 38.5 Å². The Kier molecular flexibility index (Phi) is 11.1. The van der Waals surface area contributed by atoms with E-state index in [-0.39, 0.29) is 19.0 Å². The molecule has 2 atom stereocenters. The van der Waals surface area contributed by atoms with E-state index in [2.05, 4.69) is 20.9 Å². The quantitative estimate of drug-likeness (QED) is 0.226. The molecule has 0 bridgehead atoms. The Morgan fingerprint density at radius 3 is 2.27 bits per heavy atom. The summed E-state index contributed by atoms with van der Waals surface area (Å²) in [6.45, 7) is 7.99. The molecule has 1 heterocycles. The van der Waals surface area contributed by atoms with Gasteiger partial charge in [-0.05, 0) is 46.2 Å². The van der Waals surface area contributed by atoms with E-state index in [0.717, 1.165) is 5.56 Å². The Labute approximate surface area is 255 Å². The predicted octanol–water partition coefficient (Wildman–Crippen LogP) is 3.51. The lowest BCUT2D eigenvalue weighted by molar-refractivity contribution is -0.139. The number of rotatable bonds is 13. The van der Waals surface area contributed by atoms with E-state index in [1.54, 1.807) is 45.0 Å². The number of carbonyl (C=O) groups is 4. The molecule has 0 spiro atoms. The lowest BCUT2D eigenvalue weighted by atomic mass is 10.0. The Hall–Kier alpha value is -4.91. The van der Waals surface area contributed by atoms with E-state index in [0.29, 0.717) is 11.3 Å². The van der Waals surface area contributed by atoms with E-state index in [1.165, 1.54) is 38.0 Å². The van der Waals surface area contributed by atoms with Crippen molar-refractivity contribution in [1.82, 2.24) is 20.2 Å². The van der Waals surface area contributed by atoms with Crippen LogP contribution in [0.3, 0.4) is 0 Å². The zero-order valence-electron chi connectivity index (χ0n) is 25.6. The monoisotopic (exact) mass is 609 g/mol. The summed E-state index contributed by atoms with van der Waals surface area (Å²) >= 11 is 0. The number of para-hydroxylation sites is 1. The number of anilines is 1. The number of imidazole rings is 1. The van der Waals surface area contributed by atoms with Crippen molar-refractivity contribution in [3.8, 4) is 5.75 Å². The van der Waals surface area contributed by atoms with Crippen molar-refractivity contribution in [3.63, 3.8) is 0 Å². The number of alkyl carbamates (subject to hydrolysis) is 1. The van der Waals surface area contributed by atoms with Crippen LogP contribution >= 0.6 is 0 Å². The third-order valence-electron chi connectivity index (χ3n) is 6.22. The van der Waals surface area contributed by atoms with E-state index < -0.39 is 47.1 Å². The van der Waals surface area contributed by atoms with Crippen LogP contribution in [0.4, 0.5) is 10.6 Å². The first-order valence-corrected chi connectivity index (χ1v) is 13.8. The van der Waals surface area contributed by atoms with Gasteiger partial charge in [0, 0.05) is 11.8 Å². The molecule has 3 aromatic rings. The summed E-state index contributed by atoms with van der Waals surface area (Å²) in [6.07, 6.45) is 1.84. The van der Waals surface area contributed by atoms with E-state index >= 15 is 0 Å². The van der Waals surface area contributed by atoms with Gasteiger partial charge in [-0.25, -0.2) is 14.6 Å². The number of benzene rings is 2. The number of nitrogens with zero attached hydrogens (tertiary/aromatic N) is 2. The molecular weight excluding hydrogens is 570 g/mol. The van der Waals surface area contributed by atoms with Gasteiger partial charge < -0.3 is 39.8 Å².